The van der Waals surface area contributed by atoms with Gasteiger partial charge < -0.3 is 16.0 Å². The number of benzene rings is 1. The van der Waals surface area contributed by atoms with Gasteiger partial charge in [-0.3, -0.25) is 0 Å². The van der Waals surface area contributed by atoms with Crippen molar-refractivity contribution in [3.8, 4) is 11.4 Å². The minimum Gasteiger partial charge on any atom is -0.382 e. The van der Waals surface area contributed by atoms with Gasteiger partial charge in [-0.2, -0.15) is 4.98 Å². The van der Waals surface area contributed by atoms with Gasteiger partial charge in [0.2, 0.25) is 0 Å². The Morgan fingerprint density at radius 3 is 2.81 bits per heavy atom. The molecule has 136 valence electrons. The molecule has 3 aromatic rings. The van der Waals surface area contributed by atoms with Gasteiger partial charge in [0, 0.05) is 18.7 Å². The number of likely N-dealkylation sites (tertiary alicyclic amines) is 1. The van der Waals surface area contributed by atoms with Crippen molar-refractivity contribution in [3.05, 3.63) is 29.0 Å². The summed E-state index contributed by atoms with van der Waals surface area (Å²) >= 11 is 7.29. The zero-order valence-electron chi connectivity index (χ0n) is 14.0. The van der Waals surface area contributed by atoms with E-state index in [1.165, 1.54) is 49.4 Å². The number of nitrogen functional groups attached to an aromatic ring is 1. The third-order valence-corrected chi connectivity index (χ3v) is 5.68. The predicted molar refractivity (Wildman–Crippen MR) is 104 cm³/mol. The first-order valence-electron chi connectivity index (χ1n) is 8.46. The number of fused-ring (bicyclic) bond motifs is 1. The van der Waals surface area contributed by atoms with Crippen LogP contribution in [0.1, 0.15) is 12.8 Å². The minimum atomic E-state index is -0.484. The highest BCUT2D eigenvalue weighted by molar-refractivity contribution is 7.22. The summed E-state index contributed by atoms with van der Waals surface area (Å²) in [7, 11) is 0. The highest BCUT2D eigenvalue weighted by Gasteiger charge is 2.15. The molecule has 0 unspecified atom stereocenters. The van der Waals surface area contributed by atoms with E-state index in [2.05, 4.69) is 25.2 Å². The zero-order valence-corrected chi connectivity index (χ0v) is 15.6. The van der Waals surface area contributed by atoms with Crippen molar-refractivity contribution in [1.82, 2.24) is 19.9 Å². The van der Waals surface area contributed by atoms with Gasteiger partial charge in [0.25, 0.3) is 0 Å². The maximum absolute atomic E-state index is 13.4. The van der Waals surface area contributed by atoms with E-state index >= 15 is 0 Å². The lowest BCUT2D eigenvalue weighted by Gasteiger charge is -2.13. The first-order chi connectivity index (χ1) is 12.6. The van der Waals surface area contributed by atoms with Gasteiger partial charge in [-0.1, -0.05) is 22.9 Å². The summed E-state index contributed by atoms with van der Waals surface area (Å²) < 4.78 is 14.1. The van der Waals surface area contributed by atoms with Crippen LogP contribution in [0.4, 0.5) is 15.3 Å². The van der Waals surface area contributed by atoms with Crippen LogP contribution in [0, 0.1) is 5.82 Å². The molecule has 1 aromatic carbocycles. The molecule has 1 aliphatic rings. The zero-order chi connectivity index (χ0) is 18.1. The number of thiazole rings is 1. The van der Waals surface area contributed by atoms with E-state index in [4.69, 9.17) is 17.3 Å². The molecule has 0 saturated carbocycles. The SMILES string of the molecule is Nc1nc(-c2ccc(F)c(Cl)c2)nc2nc(NCCN3CCCC3)sc12. The molecule has 0 aliphatic carbocycles. The fourth-order valence-electron chi connectivity index (χ4n) is 3.01. The molecule has 0 amide bonds. The number of anilines is 2. The molecule has 3 N–H and O–H groups in total. The van der Waals surface area contributed by atoms with Crippen molar-refractivity contribution in [2.45, 2.75) is 12.8 Å². The quantitative estimate of drug-likeness (QED) is 0.690. The van der Waals surface area contributed by atoms with E-state index in [-0.39, 0.29) is 5.02 Å². The summed E-state index contributed by atoms with van der Waals surface area (Å²) in [5, 5.41) is 4.13. The van der Waals surface area contributed by atoms with Crippen molar-refractivity contribution >= 4 is 44.2 Å². The van der Waals surface area contributed by atoms with Crippen LogP contribution >= 0.6 is 22.9 Å². The highest BCUT2D eigenvalue weighted by Crippen LogP contribution is 2.31. The van der Waals surface area contributed by atoms with Crippen molar-refractivity contribution in [2.75, 3.05) is 37.2 Å². The Morgan fingerprint density at radius 2 is 2.04 bits per heavy atom. The summed E-state index contributed by atoms with van der Waals surface area (Å²) in [6.45, 7) is 4.16. The summed E-state index contributed by atoms with van der Waals surface area (Å²) in [6.07, 6.45) is 2.56. The summed E-state index contributed by atoms with van der Waals surface area (Å²) in [4.78, 5) is 15.7. The van der Waals surface area contributed by atoms with Crippen molar-refractivity contribution in [2.24, 2.45) is 0 Å². The second kappa shape index (κ2) is 7.30. The number of nitrogens with zero attached hydrogens (tertiary/aromatic N) is 4. The monoisotopic (exact) mass is 392 g/mol. The van der Waals surface area contributed by atoms with E-state index in [9.17, 15) is 4.39 Å². The standard InChI is InChI=1S/C17H18ClFN6S/c18-11-9-10(3-4-12(11)19)15-22-14(20)13-16(23-15)24-17(26-13)21-5-8-25-6-1-2-7-25/h3-4,9H,1-2,5-8H2,(H3,20,21,22,23,24). The Morgan fingerprint density at radius 1 is 1.23 bits per heavy atom. The lowest BCUT2D eigenvalue weighted by atomic mass is 10.2. The predicted octanol–water partition coefficient (Wildman–Crippen LogP) is 3.64. The number of aromatic nitrogens is 3. The largest absolute Gasteiger partial charge is 0.382 e. The average molecular weight is 393 g/mol. The Labute approximate surface area is 159 Å². The van der Waals surface area contributed by atoms with Gasteiger partial charge in [-0.25, -0.2) is 14.4 Å². The molecule has 3 heterocycles. The summed E-state index contributed by atoms with van der Waals surface area (Å²) in [5.41, 5.74) is 7.21. The topological polar surface area (TPSA) is 80.0 Å². The maximum Gasteiger partial charge on any atom is 0.185 e. The average Bonchev–Trinajstić information content (AvgIpc) is 3.27. The van der Waals surface area contributed by atoms with Crippen molar-refractivity contribution < 1.29 is 4.39 Å². The van der Waals surface area contributed by atoms with Crippen molar-refractivity contribution in [3.63, 3.8) is 0 Å². The van der Waals surface area contributed by atoms with Gasteiger partial charge in [0.1, 0.15) is 16.3 Å². The van der Waals surface area contributed by atoms with E-state index in [0.717, 1.165) is 22.9 Å². The Hall–Kier alpha value is -2.03. The number of nitrogens with two attached hydrogens (primary N) is 1. The van der Waals surface area contributed by atoms with Gasteiger partial charge in [0.15, 0.2) is 16.6 Å². The Kier molecular flexibility index (Phi) is 4.88. The molecule has 4 rings (SSSR count). The molecule has 6 nitrogen and oxygen atoms in total. The van der Waals surface area contributed by atoms with Crippen LogP contribution in [-0.4, -0.2) is 46.0 Å². The van der Waals surface area contributed by atoms with E-state index < -0.39 is 5.82 Å². The molecule has 1 fully saturated rings. The summed E-state index contributed by atoms with van der Waals surface area (Å²) in [5.74, 6) is 0.254. The van der Waals surface area contributed by atoms with Gasteiger partial charge >= 0.3 is 0 Å². The molecule has 0 radical (unpaired) electrons. The molecular formula is C17H18ClFN6S. The molecule has 1 saturated heterocycles. The van der Waals surface area contributed by atoms with Gasteiger partial charge in [-0.05, 0) is 44.1 Å². The molecule has 0 atom stereocenters. The molecule has 2 aromatic heterocycles. The van der Waals surface area contributed by atoms with Crippen LogP contribution in [0.3, 0.4) is 0 Å². The lowest BCUT2D eigenvalue weighted by molar-refractivity contribution is 0.352. The van der Waals surface area contributed by atoms with Gasteiger partial charge in [-0.15, -0.1) is 0 Å². The number of halogens is 2. The normalized spacial score (nSPS) is 15.0. The van der Waals surface area contributed by atoms with Crippen LogP contribution in [0.15, 0.2) is 18.2 Å². The highest BCUT2D eigenvalue weighted by atomic mass is 35.5. The molecule has 0 spiro atoms. The molecule has 0 bridgehead atoms. The van der Waals surface area contributed by atoms with Crippen LogP contribution in [0.25, 0.3) is 21.7 Å². The van der Waals surface area contributed by atoms with Crippen LogP contribution in [0.5, 0.6) is 0 Å². The van der Waals surface area contributed by atoms with E-state index in [1.54, 1.807) is 6.07 Å². The van der Waals surface area contributed by atoms with Gasteiger partial charge in [0.05, 0.1) is 5.02 Å². The smallest absolute Gasteiger partial charge is 0.185 e. The van der Waals surface area contributed by atoms with E-state index in [0.29, 0.717) is 22.9 Å². The number of nitrogens with one attached hydrogen (secondary N) is 1. The van der Waals surface area contributed by atoms with E-state index in [1.807, 2.05) is 0 Å². The maximum atomic E-state index is 13.4. The van der Waals surface area contributed by atoms with Crippen LogP contribution < -0.4 is 11.1 Å². The molecular weight excluding hydrogens is 375 g/mol. The fraction of sp³-hybridized carbons (Fsp3) is 0.353. The molecule has 26 heavy (non-hydrogen) atoms. The lowest BCUT2D eigenvalue weighted by Crippen LogP contribution is -2.25. The number of hydrogen-bond donors (Lipinski definition) is 2. The third-order valence-electron chi connectivity index (χ3n) is 4.36. The first kappa shape index (κ1) is 17.4. The summed E-state index contributed by atoms with van der Waals surface area (Å²) in [6, 6.07) is 4.34. The molecule has 9 heteroatoms. The molecule has 1 aliphatic heterocycles. The third kappa shape index (κ3) is 3.58. The van der Waals surface area contributed by atoms with Crippen LogP contribution in [0.2, 0.25) is 5.02 Å². The second-order valence-corrected chi connectivity index (χ2v) is 7.61. The van der Waals surface area contributed by atoms with Crippen LogP contribution in [-0.2, 0) is 0 Å². The first-order valence-corrected chi connectivity index (χ1v) is 9.65. The number of rotatable bonds is 5. The fourth-order valence-corrected chi connectivity index (χ4v) is 4.03. The minimum absolute atomic E-state index is 0.0207. The Bertz CT molecular complexity index is 940. The number of hydrogen-bond acceptors (Lipinski definition) is 7. The Balaban J connectivity index is 1.55. The second-order valence-electron chi connectivity index (χ2n) is 6.21. The van der Waals surface area contributed by atoms with Crippen molar-refractivity contribution in [1.29, 1.82) is 0 Å².